The molecule has 0 aliphatic carbocycles. The van der Waals surface area contributed by atoms with E-state index in [1.165, 1.54) is 6.42 Å². The second-order valence-corrected chi connectivity index (χ2v) is 3.96. The Kier molecular flexibility index (Phi) is 3.37. The van der Waals surface area contributed by atoms with E-state index in [0.29, 0.717) is 13.2 Å². The van der Waals surface area contributed by atoms with Crippen molar-refractivity contribution in [3.8, 4) is 0 Å². The highest BCUT2D eigenvalue weighted by molar-refractivity contribution is 5.76. The molecule has 2 atom stereocenters. The van der Waals surface area contributed by atoms with Crippen LogP contribution in [0.1, 0.15) is 19.3 Å². The first-order valence-electron chi connectivity index (χ1n) is 5.35. The lowest BCUT2D eigenvalue weighted by Gasteiger charge is -2.10. The lowest BCUT2D eigenvalue weighted by Crippen LogP contribution is -2.20. The van der Waals surface area contributed by atoms with Crippen molar-refractivity contribution in [1.82, 2.24) is 5.32 Å². The van der Waals surface area contributed by atoms with Crippen LogP contribution in [0.5, 0.6) is 0 Å². The number of cyclic esters (lactones) is 1. The van der Waals surface area contributed by atoms with Crippen molar-refractivity contribution in [3.63, 3.8) is 0 Å². The van der Waals surface area contributed by atoms with Crippen LogP contribution in [-0.4, -0.2) is 38.4 Å². The quantitative estimate of drug-likeness (QED) is 0.662. The molecule has 2 fully saturated rings. The highest BCUT2D eigenvalue weighted by Crippen LogP contribution is 2.15. The fourth-order valence-corrected chi connectivity index (χ4v) is 1.97. The minimum atomic E-state index is -0.288. The van der Waals surface area contributed by atoms with Gasteiger partial charge in [-0.15, -0.1) is 0 Å². The van der Waals surface area contributed by atoms with Gasteiger partial charge >= 0.3 is 5.97 Å². The number of carbonyl (C=O) groups excluding carboxylic acids is 1. The van der Waals surface area contributed by atoms with E-state index < -0.39 is 0 Å². The van der Waals surface area contributed by atoms with Crippen LogP contribution in [0.15, 0.2) is 0 Å². The van der Waals surface area contributed by atoms with Gasteiger partial charge in [-0.25, -0.2) is 4.79 Å². The molecule has 4 nitrogen and oxygen atoms in total. The largest absolute Gasteiger partial charge is 0.464 e. The van der Waals surface area contributed by atoms with Crippen LogP contribution in [-0.2, 0) is 14.3 Å². The molecule has 1 N–H and O–H groups in total. The van der Waals surface area contributed by atoms with Crippen molar-refractivity contribution in [1.29, 1.82) is 0 Å². The summed E-state index contributed by atoms with van der Waals surface area (Å²) in [6, 6.07) is 0. The van der Waals surface area contributed by atoms with Gasteiger partial charge in [-0.1, -0.05) is 0 Å². The number of carbonyl (C=O) groups is 1. The Morgan fingerprint density at radius 1 is 1.50 bits per heavy atom. The van der Waals surface area contributed by atoms with Crippen LogP contribution < -0.4 is 5.32 Å². The molecule has 0 aromatic carbocycles. The summed E-state index contributed by atoms with van der Waals surface area (Å²) < 4.78 is 10.3. The Morgan fingerprint density at radius 3 is 3.07 bits per heavy atom. The van der Waals surface area contributed by atoms with Crippen LogP contribution >= 0.6 is 0 Å². The normalized spacial score (nSPS) is 32.1. The minimum absolute atomic E-state index is 0.186. The maximum absolute atomic E-state index is 11.0. The van der Waals surface area contributed by atoms with E-state index in [4.69, 9.17) is 9.47 Å². The zero-order chi connectivity index (χ0) is 9.80. The highest BCUT2D eigenvalue weighted by atomic mass is 16.6. The van der Waals surface area contributed by atoms with E-state index in [0.717, 1.165) is 31.8 Å². The Hall–Kier alpha value is -0.610. The summed E-state index contributed by atoms with van der Waals surface area (Å²) >= 11 is 0. The minimum Gasteiger partial charge on any atom is -0.464 e. The second kappa shape index (κ2) is 4.75. The van der Waals surface area contributed by atoms with Gasteiger partial charge in [0.1, 0.15) is 0 Å². The van der Waals surface area contributed by atoms with Crippen molar-refractivity contribution in [2.75, 3.05) is 26.3 Å². The summed E-state index contributed by atoms with van der Waals surface area (Å²) in [6.07, 6.45) is 2.72. The smallest absolute Gasteiger partial charge is 0.335 e. The average molecular weight is 199 g/mol. The van der Waals surface area contributed by atoms with Crippen LogP contribution in [0.25, 0.3) is 0 Å². The molecule has 2 aliphatic heterocycles. The number of hydrogen-bond acceptors (Lipinski definition) is 4. The second-order valence-electron chi connectivity index (χ2n) is 3.96. The number of rotatable bonds is 4. The van der Waals surface area contributed by atoms with E-state index in [-0.39, 0.29) is 12.1 Å². The van der Waals surface area contributed by atoms with E-state index >= 15 is 0 Å². The first-order chi connectivity index (χ1) is 6.86. The first kappa shape index (κ1) is 9.93. The molecule has 4 heteroatoms. The zero-order valence-corrected chi connectivity index (χ0v) is 8.33. The molecule has 0 aromatic rings. The van der Waals surface area contributed by atoms with E-state index in [9.17, 15) is 4.79 Å². The van der Waals surface area contributed by atoms with Crippen LogP contribution in [0.3, 0.4) is 0 Å². The van der Waals surface area contributed by atoms with Crippen molar-refractivity contribution in [2.45, 2.75) is 25.4 Å². The number of hydrogen-bond donors (Lipinski definition) is 1. The first-order valence-corrected chi connectivity index (χ1v) is 5.35. The van der Waals surface area contributed by atoms with Gasteiger partial charge in [-0.2, -0.15) is 0 Å². The lowest BCUT2D eigenvalue weighted by molar-refractivity contribution is -0.147. The third-order valence-electron chi connectivity index (χ3n) is 2.89. The maximum Gasteiger partial charge on any atom is 0.335 e. The predicted octanol–water partition coefficient (Wildman–Crippen LogP) is 0.318. The number of esters is 1. The Labute approximate surface area is 84.0 Å². The topological polar surface area (TPSA) is 47.6 Å². The van der Waals surface area contributed by atoms with Gasteiger partial charge in [0, 0.05) is 13.0 Å². The average Bonchev–Trinajstić information content (AvgIpc) is 2.78. The standard InChI is InChI=1S/C10H17NO3/c12-10-9(3-6-14-10)13-5-2-8-1-4-11-7-8/h8-9,11H,1-7H2. The molecule has 2 rings (SSSR count). The number of ether oxygens (including phenoxy) is 2. The van der Waals surface area contributed by atoms with Gasteiger partial charge < -0.3 is 14.8 Å². The van der Waals surface area contributed by atoms with Crippen LogP contribution in [0, 0.1) is 5.92 Å². The summed E-state index contributed by atoms with van der Waals surface area (Å²) in [4.78, 5) is 11.0. The molecule has 0 saturated carbocycles. The van der Waals surface area contributed by atoms with Crippen molar-refractivity contribution in [3.05, 3.63) is 0 Å². The van der Waals surface area contributed by atoms with Gasteiger partial charge in [0.05, 0.1) is 6.61 Å². The lowest BCUT2D eigenvalue weighted by atomic mass is 10.1. The summed E-state index contributed by atoms with van der Waals surface area (Å²) in [5, 5.41) is 3.31. The fraction of sp³-hybridized carbons (Fsp3) is 0.900. The van der Waals surface area contributed by atoms with Gasteiger partial charge in [0.2, 0.25) is 0 Å². The molecule has 0 amide bonds. The molecule has 2 unspecified atom stereocenters. The number of nitrogens with one attached hydrogen (secondary N) is 1. The molecule has 2 heterocycles. The van der Waals surface area contributed by atoms with E-state index in [2.05, 4.69) is 5.32 Å². The molecule has 0 spiro atoms. The van der Waals surface area contributed by atoms with Crippen molar-refractivity contribution < 1.29 is 14.3 Å². The Bertz CT molecular complexity index is 202. The monoisotopic (exact) mass is 199 g/mol. The zero-order valence-electron chi connectivity index (χ0n) is 8.33. The van der Waals surface area contributed by atoms with Gasteiger partial charge in [0.25, 0.3) is 0 Å². The predicted molar refractivity (Wildman–Crippen MR) is 50.9 cm³/mol. The van der Waals surface area contributed by atoms with Gasteiger partial charge in [0.15, 0.2) is 6.10 Å². The SMILES string of the molecule is O=C1OCCC1OCCC1CCNC1. The summed E-state index contributed by atoms with van der Waals surface area (Å²) in [5.74, 6) is 0.543. The van der Waals surface area contributed by atoms with Crippen molar-refractivity contribution in [2.24, 2.45) is 5.92 Å². The molecular weight excluding hydrogens is 182 g/mol. The molecule has 2 aliphatic rings. The molecule has 0 radical (unpaired) electrons. The Morgan fingerprint density at radius 2 is 2.43 bits per heavy atom. The van der Waals surface area contributed by atoms with Gasteiger partial charge in [-0.05, 0) is 31.8 Å². The fourth-order valence-electron chi connectivity index (χ4n) is 1.97. The van der Waals surface area contributed by atoms with Crippen molar-refractivity contribution >= 4 is 5.97 Å². The van der Waals surface area contributed by atoms with E-state index in [1.54, 1.807) is 0 Å². The van der Waals surface area contributed by atoms with Crippen LogP contribution in [0.4, 0.5) is 0 Å². The molecule has 2 saturated heterocycles. The van der Waals surface area contributed by atoms with Crippen LogP contribution in [0.2, 0.25) is 0 Å². The third kappa shape index (κ3) is 2.45. The maximum atomic E-state index is 11.0. The molecule has 14 heavy (non-hydrogen) atoms. The Balaban J connectivity index is 1.60. The summed E-state index contributed by atoms with van der Waals surface area (Å²) in [7, 11) is 0. The summed E-state index contributed by atoms with van der Waals surface area (Å²) in [5.41, 5.74) is 0. The van der Waals surface area contributed by atoms with E-state index in [1.807, 2.05) is 0 Å². The summed E-state index contributed by atoms with van der Waals surface area (Å²) in [6.45, 7) is 3.43. The molecule has 0 bridgehead atoms. The highest BCUT2D eigenvalue weighted by Gasteiger charge is 2.27. The molecule has 0 aromatic heterocycles. The molecule has 80 valence electrons. The molecular formula is C10H17NO3. The van der Waals surface area contributed by atoms with Gasteiger partial charge in [-0.3, -0.25) is 0 Å². The third-order valence-corrected chi connectivity index (χ3v) is 2.89.